The van der Waals surface area contributed by atoms with Crippen molar-refractivity contribution in [3.05, 3.63) is 48.0 Å². The number of hydrogen-bond donors (Lipinski definition) is 1. The molecule has 122 valence electrons. The van der Waals surface area contributed by atoms with E-state index < -0.39 is 11.5 Å². The molecule has 2 aromatic rings. The molecule has 0 heterocycles. The van der Waals surface area contributed by atoms with Crippen LogP contribution >= 0.6 is 0 Å². The normalized spacial score (nSPS) is 11.4. The van der Waals surface area contributed by atoms with Crippen molar-refractivity contribution in [2.45, 2.75) is 38.6 Å². The first-order valence-electron chi connectivity index (χ1n) is 7.80. The van der Waals surface area contributed by atoms with Crippen molar-refractivity contribution >= 4 is 22.6 Å². The van der Waals surface area contributed by atoms with Crippen molar-refractivity contribution in [1.82, 2.24) is 4.90 Å². The van der Waals surface area contributed by atoms with E-state index >= 15 is 0 Å². The average molecular weight is 313 g/mol. The number of nitrogens with zero attached hydrogens (tertiary/aromatic N) is 1. The van der Waals surface area contributed by atoms with Crippen molar-refractivity contribution in [3.63, 3.8) is 0 Å². The van der Waals surface area contributed by atoms with E-state index in [1.807, 2.05) is 12.1 Å². The van der Waals surface area contributed by atoms with E-state index in [9.17, 15) is 14.7 Å². The van der Waals surface area contributed by atoms with Gasteiger partial charge in [-0.15, -0.1) is 0 Å². The van der Waals surface area contributed by atoms with Crippen molar-refractivity contribution in [2.24, 2.45) is 0 Å². The summed E-state index contributed by atoms with van der Waals surface area (Å²) in [7, 11) is 1.55. The summed E-state index contributed by atoms with van der Waals surface area (Å²) in [6.07, 6.45) is 1.86. The van der Waals surface area contributed by atoms with Gasteiger partial charge in [-0.3, -0.25) is 4.79 Å². The van der Waals surface area contributed by atoms with Crippen LogP contribution in [-0.4, -0.2) is 34.5 Å². The highest BCUT2D eigenvalue weighted by Gasteiger charge is 2.34. The van der Waals surface area contributed by atoms with Crippen LogP contribution in [0.25, 0.3) is 10.8 Å². The number of rotatable bonds is 6. The number of aliphatic carboxylic acids is 1. The highest BCUT2D eigenvalue weighted by atomic mass is 16.4. The van der Waals surface area contributed by atoms with Crippen LogP contribution in [0.5, 0.6) is 0 Å². The molecule has 0 saturated carbocycles. The maximum Gasteiger partial charge on any atom is 0.329 e. The van der Waals surface area contributed by atoms with Crippen molar-refractivity contribution in [1.29, 1.82) is 0 Å². The first kappa shape index (κ1) is 17.0. The summed E-state index contributed by atoms with van der Waals surface area (Å²) < 4.78 is 0. The van der Waals surface area contributed by atoms with Gasteiger partial charge in [0.2, 0.25) is 5.91 Å². The van der Waals surface area contributed by atoms with Crippen molar-refractivity contribution in [2.75, 3.05) is 7.05 Å². The number of carbonyl (C=O) groups excluding carboxylic acids is 1. The Labute approximate surface area is 136 Å². The maximum atomic E-state index is 12.2. The van der Waals surface area contributed by atoms with E-state index in [1.165, 1.54) is 35.1 Å². The molecule has 4 heteroatoms. The van der Waals surface area contributed by atoms with E-state index in [0.717, 1.165) is 6.42 Å². The monoisotopic (exact) mass is 313 g/mol. The van der Waals surface area contributed by atoms with Gasteiger partial charge in [0.1, 0.15) is 5.54 Å². The molecule has 0 bridgehead atoms. The Hall–Kier alpha value is -2.36. The van der Waals surface area contributed by atoms with Crippen LogP contribution in [-0.2, 0) is 16.0 Å². The lowest BCUT2D eigenvalue weighted by atomic mass is 10.0. The fourth-order valence-electron chi connectivity index (χ4n) is 2.46. The Bertz CT molecular complexity index is 721. The maximum absolute atomic E-state index is 12.2. The van der Waals surface area contributed by atoms with E-state index in [0.29, 0.717) is 12.8 Å². The molecule has 0 radical (unpaired) electrons. The lowest BCUT2D eigenvalue weighted by Gasteiger charge is -2.31. The Morgan fingerprint density at radius 3 is 2.39 bits per heavy atom. The lowest BCUT2D eigenvalue weighted by molar-refractivity contribution is -0.155. The van der Waals surface area contributed by atoms with Gasteiger partial charge in [0.15, 0.2) is 0 Å². The fourth-order valence-corrected chi connectivity index (χ4v) is 2.46. The fraction of sp³-hybridized carbons (Fsp3) is 0.368. The Balaban J connectivity index is 1.93. The second kappa shape index (κ2) is 6.82. The smallest absolute Gasteiger partial charge is 0.329 e. The zero-order chi connectivity index (χ0) is 17.0. The zero-order valence-electron chi connectivity index (χ0n) is 13.9. The van der Waals surface area contributed by atoms with Gasteiger partial charge in [-0.05, 0) is 43.0 Å². The van der Waals surface area contributed by atoms with Crippen LogP contribution in [0.4, 0.5) is 0 Å². The van der Waals surface area contributed by atoms with Crippen LogP contribution in [0, 0.1) is 0 Å². The minimum atomic E-state index is -1.18. The van der Waals surface area contributed by atoms with Gasteiger partial charge in [0.05, 0.1) is 0 Å². The first-order valence-corrected chi connectivity index (χ1v) is 7.80. The second-order valence-electron chi connectivity index (χ2n) is 6.35. The number of amides is 1. The van der Waals surface area contributed by atoms with E-state index in [1.54, 1.807) is 7.05 Å². The molecule has 23 heavy (non-hydrogen) atoms. The largest absolute Gasteiger partial charge is 0.480 e. The summed E-state index contributed by atoms with van der Waals surface area (Å²) in [4.78, 5) is 24.7. The lowest BCUT2D eigenvalue weighted by Crippen LogP contribution is -2.50. The van der Waals surface area contributed by atoms with Crippen LogP contribution in [0.1, 0.15) is 32.3 Å². The highest BCUT2D eigenvalue weighted by Crippen LogP contribution is 2.18. The Morgan fingerprint density at radius 1 is 1.09 bits per heavy atom. The summed E-state index contributed by atoms with van der Waals surface area (Å²) in [5.74, 6) is -1.14. The number of aryl methyl sites for hydroxylation is 1. The van der Waals surface area contributed by atoms with Crippen LogP contribution in [0.3, 0.4) is 0 Å². The predicted octanol–water partition coefficient (Wildman–Crippen LogP) is 3.48. The predicted molar refractivity (Wildman–Crippen MR) is 91.4 cm³/mol. The first-order chi connectivity index (χ1) is 10.8. The minimum Gasteiger partial charge on any atom is -0.480 e. The zero-order valence-corrected chi connectivity index (χ0v) is 13.9. The molecule has 0 fully saturated rings. The SMILES string of the molecule is CN(C(=O)CCCc1ccc2ccccc2c1)C(C)(C)C(=O)O. The van der Waals surface area contributed by atoms with Gasteiger partial charge in [0.25, 0.3) is 0 Å². The molecule has 0 aliphatic rings. The molecular weight excluding hydrogens is 290 g/mol. The molecule has 0 spiro atoms. The van der Waals surface area contributed by atoms with Crippen LogP contribution in [0.15, 0.2) is 42.5 Å². The van der Waals surface area contributed by atoms with Gasteiger partial charge in [-0.2, -0.15) is 0 Å². The molecule has 0 aromatic heterocycles. The summed E-state index contributed by atoms with van der Waals surface area (Å²) in [6, 6.07) is 14.5. The summed E-state index contributed by atoms with van der Waals surface area (Å²) in [5, 5.41) is 11.6. The quantitative estimate of drug-likeness (QED) is 0.888. The average Bonchev–Trinajstić information content (AvgIpc) is 2.53. The second-order valence-corrected chi connectivity index (χ2v) is 6.35. The molecule has 0 unspecified atom stereocenters. The number of fused-ring (bicyclic) bond motifs is 1. The molecular formula is C19H23NO3. The molecule has 0 aliphatic heterocycles. The standard InChI is InChI=1S/C19H23NO3/c1-19(2,18(22)23)20(3)17(21)10-6-7-14-11-12-15-8-4-5-9-16(15)13-14/h4-5,8-9,11-13H,6-7,10H2,1-3H3,(H,22,23). The van der Waals surface area contributed by atoms with Crippen LogP contribution < -0.4 is 0 Å². The Kier molecular flexibility index (Phi) is 5.04. The minimum absolute atomic E-state index is 0.141. The number of likely N-dealkylation sites (N-methyl/N-ethyl adjacent to an activating group) is 1. The molecule has 0 aliphatic carbocycles. The molecule has 0 saturated heterocycles. The summed E-state index contributed by atoms with van der Waals surface area (Å²) in [6.45, 7) is 3.08. The topological polar surface area (TPSA) is 57.6 Å². The van der Waals surface area contributed by atoms with Gasteiger partial charge in [-0.25, -0.2) is 4.79 Å². The number of carboxylic acids is 1. The summed E-state index contributed by atoms with van der Waals surface area (Å²) in [5.41, 5.74) is 0.0108. The molecule has 1 amide bonds. The van der Waals surface area contributed by atoms with Crippen molar-refractivity contribution < 1.29 is 14.7 Å². The van der Waals surface area contributed by atoms with Gasteiger partial charge in [0, 0.05) is 13.5 Å². The van der Waals surface area contributed by atoms with Gasteiger partial charge in [-0.1, -0.05) is 42.5 Å². The van der Waals surface area contributed by atoms with Gasteiger partial charge >= 0.3 is 5.97 Å². The number of carbonyl (C=O) groups is 2. The number of carboxylic acid groups (broad SMARTS) is 1. The molecule has 0 atom stereocenters. The number of benzene rings is 2. The third kappa shape index (κ3) is 3.89. The summed E-state index contributed by atoms with van der Waals surface area (Å²) >= 11 is 0. The van der Waals surface area contributed by atoms with E-state index in [-0.39, 0.29) is 5.91 Å². The molecule has 2 rings (SSSR count). The molecule has 1 N–H and O–H groups in total. The third-order valence-electron chi connectivity index (χ3n) is 4.41. The molecule has 4 nitrogen and oxygen atoms in total. The molecule has 2 aromatic carbocycles. The third-order valence-corrected chi connectivity index (χ3v) is 4.41. The van der Waals surface area contributed by atoms with E-state index in [2.05, 4.69) is 30.3 Å². The highest BCUT2D eigenvalue weighted by molar-refractivity contribution is 5.86. The van der Waals surface area contributed by atoms with Crippen molar-refractivity contribution in [3.8, 4) is 0 Å². The van der Waals surface area contributed by atoms with Gasteiger partial charge < -0.3 is 10.0 Å². The van der Waals surface area contributed by atoms with E-state index in [4.69, 9.17) is 0 Å². The number of hydrogen-bond acceptors (Lipinski definition) is 2. The Morgan fingerprint density at radius 2 is 1.74 bits per heavy atom. The van der Waals surface area contributed by atoms with Crippen LogP contribution in [0.2, 0.25) is 0 Å².